The Balaban J connectivity index is 2.07. The molecular formula is C22H29FN2O4. The van der Waals surface area contributed by atoms with Crippen molar-refractivity contribution in [3.63, 3.8) is 0 Å². The Morgan fingerprint density at radius 1 is 1.31 bits per heavy atom. The van der Waals surface area contributed by atoms with Gasteiger partial charge in [0.2, 0.25) is 5.43 Å². The third kappa shape index (κ3) is 4.54. The molecule has 158 valence electrons. The molecule has 0 radical (unpaired) electrons. The van der Waals surface area contributed by atoms with E-state index in [9.17, 15) is 19.1 Å². The van der Waals surface area contributed by atoms with Crippen LogP contribution in [0.3, 0.4) is 0 Å². The Morgan fingerprint density at radius 2 is 2.00 bits per heavy atom. The first-order valence-corrected chi connectivity index (χ1v) is 10.4. The second-order valence-electron chi connectivity index (χ2n) is 8.00. The number of halogens is 1. The first kappa shape index (κ1) is 21.1. The summed E-state index contributed by atoms with van der Waals surface area (Å²) in [6, 6.07) is 3.12. The summed E-state index contributed by atoms with van der Waals surface area (Å²) < 4.78 is 22.1. The van der Waals surface area contributed by atoms with E-state index < -0.39 is 23.3 Å². The molecule has 29 heavy (non-hydrogen) atoms. The molecule has 1 aromatic heterocycles. The number of carboxylic acid groups (broad SMARTS) is 1. The summed E-state index contributed by atoms with van der Waals surface area (Å²) in [6.07, 6.45) is 6.11. The van der Waals surface area contributed by atoms with Crippen LogP contribution in [0.5, 0.6) is 5.75 Å². The number of anilines is 1. The number of aliphatic carboxylic acids is 1. The lowest BCUT2D eigenvalue weighted by atomic mass is 9.95. The van der Waals surface area contributed by atoms with Crippen molar-refractivity contribution < 1.29 is 19.0 Å². The normalized spacial score (nSPS) is 16.2. The Labute approximate surface area is 169 Å². The smallest absolute Gasteiger partial charge is 0.344 e. The van der Waals surface area contributed by atoms with Crippen LogP contribution in [0.1, 0.15) is 65.3 Å². The molecule has 1 aliphatic rings. The van der Waals surface area contributed by atoms with Crippen LogP contribution in [-0.4, -0.2) is 27.8 Å². The van der Waals surface area contributed by atoms with E-state index in [1.165, 1.54) is 18.7 Å². The summed E-state index contributed by atoms with van der Waals surface area (Å²) >= 11 is 0. The number of aromatic nitrogens is 1. The van der Waals surface area contributed by atoms with Crippen molar-refractivity contribution in [3.05, 3.63) is 34.4 Å². The van der Waals surface area contributed by atoms with Crippen LogP contribution in [0.25, 0.3) is 10.9 Å². The van der Waals surface area contributed by atoms with Gasteiger partial charge in [-0.1, -0.05) is 26.2 Å². The standard InChI is InChI=1S/C22H29FN2O4/c1-4-19(22(27)28)29-20-12-25(13(2)3)18-11-17(16(23)10-15(18)21(20)26)24-14-8-6-5-7-9-14/h10-14,19,24H,4-9H2,1-3H3,(H,27,28). The molecule has 0 saturated heterocycles. The topological polar surface area (TPSA) is 80.6 Å². The third-order valence-electron chi connectivity index (χ3n) is 5.52. The highest BCUT2D eigenvalue weighted by Crippen LogP contribution is 2.28. The maximum absolute atomic E-state index is 14.8. The van der Waals surface area contributed by atoms with Crippen LogP contribution in [0.2, 0.25) is 0 Å². The summed E-state index contributed by atoms with van der Waals surface area (Å²) in [4.78, 5) is 24.2. The number of hydrogen-bond acceptors (Lipinski definition) is 4. The maximum Gasteiger partial charge on any atom is 0.344 e. The molecule has 2 aromatic rings. The lowest BCUT2D eigenvalue weighted by molar-refractivity contribution is -0.145. The molecule has 1 atom stereocenters. The predicted molar refractivity (Wildman–Crippen MR) is 111 cm³/mol. The van der Waals surface area contributed by atoms with Crippen LogP contribution in [-0.2, 0) is 4.79 Å². The van der Waals surface area contributed by atoms with Crippen molar-refractivity contribution in [1.82, 2.24) is 4.57 Å². The van der Waals surface area contributed by atoms with Gasteiger partial charge in [-0.05, 0) is 45.2 Å². The number of ether oxygens (including phenoxy) is 1. The summed E-state index contributed by atoms with van der Waals surface area (Å²) in [6.45, 7) is 5.56. The largest absolute Gasteiger partial charge is 0.479 e. The minimum absolute atomic E-state index is 0.0293. The number of carboxylic acids is 1. The minimum atomic E-state index is -1.14. The van der Waals surface area contributed by atoms with Crippen molar-refractivity contribution in [2.45, 2.75) is 77.5 Å². The van der Waals surface area contributed by atoms with Crippen molar-refractivity contribution >= 4 is 22.6 Å². The first-order chi connectivity index (χ1) is 13.8. The molecule has 0 bridgehead atoms. The summed E-state index contributed by atoms with van der Waals surface area (Å²) in [5.74, 6) is -1.70. The summed E-state index contributed by atoms with van der Waals surface area (Å²) in [5.41, 5.74) is 0.490. The average Bonchev–Trinajstić information content (AvgIpc) is 2.69. The molecule has 1 heterocycles. The fourth-order valence-corrected chi connectivity index (χ4v) is 3.89. The van der Waals surface area contributed by atoms with E-state index in [4.69, 9.17) is 4.74 Å². The van der Waals surface area contributed by atoms with Gasteiger partial charge in [-0.15, -0.1) is 0 Å². The molecular weight excluding hydrogens is 375 g/mol. The van der Waals surface area contributed by atoms with Gasteiger partial charge in [0.1, 0.15) is 5.82 Å². The van der Waals surface area contributed by atoms with Crippen LogP contribution in [0.15, 0.2) is 23.1 Å². The molecule has 1 aliphatic carbocycles. The zero-order valence-corrected chi connectivity index (χ0v) is 17.2. The van der Waals surface area contributed by atoms with Gasteiger partial charge < -0.3 is 19.7 Å². The highest BCUT2D eigenvalue weighted by molar-refractivity contribution is 5.84. The Morgan fingerprint density at radius 3 is 2.59 bits per heavy atom. The van der Waals surface area contributed by atoms with Crippen molar-refractivity contribution in [3.8, 4) is 5.75 Å². The molecule has 1 unspecified atom stereocenters. The Hall–Kier alpha value is -2.57. The quantitative estimate of drug-likeness (QED) is 0.699. The van der Waals surface area contributed by atoms with Gasteiger partial charge in [-0.3, -0.25) is 4.79 Å². The van der Waals surface area contributed by atoms with E-state index in [2.05, 4.69) is 5.32 Å². The van der Waals surface area contributed by atoms with Crippen LogP contribution in [0.4, 0.5) is 10.1 Å². The van der Waals surface area contributed by atoms with Gasteiger partial charge in [-0.2, -0.15) is 0 Å². The third-order valence-corrected chi connectivity index (χ3v) is 5.52. The summed E-state index contributed by atoms with van der Waals surface area (Å²) in [7, 11) is 0. The number of nitrogens with one attached hydrogen (secondary N) is 1. The summed E-state index contributed by atoms with van der Waals surface area (Å²) in [5, 5.41) is 12.7. The van der Waals surface area contributed by atoms with Gasteiger partial charge in [0.05, 0.1) is 22.8 Å². The van der Waals surface area contributed by atoms with Gasteiger partial charge in [-0.25, -0.2) is 9.18 Å². The van der Waals surface area contributed by atoms with Crippen LogP contribution >= 0.6 is 0 Å². The van der Waals surface area contributed by atoms with E-state index in [0.29, 0.717) is 11.2 Å². The molecule has 0 amide bonds. The zero-order valence-electron chi connectivity index (χ0n) is 17.2. The molecule has 1 aromatic carbocycles. The first-order valence-electron chi connectivity index (χ1n) is 10.4. The van der Waals surface area contributed by atoms with Crippen LogP contribution < -0.4 is 15.5 Å². The van der Waals surface area contributed by atoms with Gasteiger partial charge >= 0.3 is 5.97 Å². The molecule has 1 saturated carbocycles. The Kier molecular flexibility index (Phi) is 6.45. The van der Waals surface area contributed by atoms with Gasteiger partial charge in [0.25, 0.3) is 0 Å². The zero-order chi connectivity index (χ0) is 21.1. The molecule has 6 nitrogen and oxygen atoms in total. The highest BCUT2D eigenvalue weighted by atomic mass is 19.1. The number of nitrogens with zero attached hydrogens (tertiary/aromatic N) is 1. The number of hydrogen-bond donors (Lipinski definition) is 2. The predicted octanol–water partition coefficient (Wildman–Crippen LogP) is 4.71. The van der Waals surface area contributed by atoms with Gasteiger partial charge in [0, 0.05) is 12.1 Å². The van der Waals surface area contributed by atoms with Crippen molar-refractivity contribution in [2.24, 2.45) is 0 Å². The molecule has 1 fully saturated rings. The van der Waals surface area contributed by atoms with Crippen LogP contribution in [0, 0.1) is 5.82 Å². The van der Waals surface area contributed by atoms with E-state index in [1.807, 2.05) is 18.4 Å². The lowest BCUT2D eigenvalue weighted by Gasteiger charge is -2.25. The van der Waals surface area contributed by atoms with E-state index in [0.717, 1.165) is 25.7 Å². The molecule has 0 spiro atoms. The molecule has 0 aliphatic heterocycles. The van der Waals surface area contributed by atoms with Crippen molar-refractivity contribution in [1.29, 1.82) is 0 Å². The number of benzene rings is 1. The fourth-order valence-electron chi connectivity index (χ4n) is 3.89. The van der Waals surface area contributed by atoms with E-state index >= 15 is 0 Å². The second kappa shape index (κ2) is 8.84. The van der Waals surface area contributed by atoms with Gasteiger partial charge in [0.15, 0.2) is 11.9 Å². The Bertz CT molecular complexity index is 948. The number of rotatable bonds is 7. The van der Waals surface area contributed by atoms with E-state index in [1.54, 1.807) is 13.0 Å². The molecule has 3 rings (SSSR count). The minimum Gasteiger partial charge on any atom is -0.479 e. The molecule has 2 N–H and O–H groups in total. The SMILES string of the molecule is CCC(Oc1cn(C(C)C)c2cc(NC3CCCCC3)c(F)cc2c1=O)C(=O)O. The number of pyridine rings is 1. The second-order valence-corrected chi connectivity index (χ2v) is 8.00. The average molecular weight is 404 g/mol. The highest BCUT2D eigenvalue weighted by Gasteiger charge is 2.22. The number of fused-ring (bicyclic) bond motifs is 1. The fraction of sp³-hybridized carbons (Fsp3) is 0.545. The maximum atomic E-state index is 14.8. The lowest BCUT2D eigenvalue weighted by Crippen LogP contribution is -2.29. The van der Waals surface area contributed by atoms with E-state index in [-0.39, 0.29) is 29.6 Å². The molecule has 7 heteroatoms. The monoisotopic (exact) mass is 404 g/mol. The number of carbonyl (C=O) groups is 1. The van der Waals surface area contributed by atoms with Crippen molar-refractivity contribution in [2.75, 3.05) is 5.32 Å².